The van der Waals surface area contributed by atoms with E-state index in [0.29, 0.717) is 34.4 Å². The van der Waals surface area contributed by atoms with Crippen LogP contribution >= 0.6 is 0 Å². The standard InChI is InChI=1S/C17H21NO5/c1-19-11-9-13(17(23-5)15(10-11)21-3)18-12-7-6-8-14(20-2)16(12)22-4/h6-10,18H,1-5H3. The van der Waals surface area contributed by atoms with Crippen LogP contribution in [0.3, 0.4) is 0 Å². The quantitative estimate of drug-likeness (QED) is 0.843. The fourth-order valence-electron chi connectivity index (χ4n) is 2.28. The molecule has 0 saturated heterocycles. The minimum absolute atomic E-state index is 0.566. The second kappa shape index (κ2) is 7.49. The van der Waals surface area contributed by atoms with Crippen LogP contribution in [-0.2, 0) is 0 Å². The number of ether oxygens (including phenoxy) is 5. The van der Waals surface area contributed by atoms with E-state index in [2.05, 4.69) is 5.32 Å². The zero-order valence-electron chi connectivity index (χ0n) is 13.9. The first-order chi connectivity index (χ1) is 11.2. The highest BCUT2D eigenvalue weighted by molar-refractivity contribution is 5.76. The smallest absolute Gasteiger partial charge is 0.184 e. The van der Waals surface area contributed by atoms with Gasteiger partial charge in [0, 0.05) is 12.1 Å². The van der Waals surface area contributed by atoms with Crippen LogP contribution in [-0.4, -0.2) is 35.5 Å². The summed E-state index contributed by atoms with van der Waals surface area (Å²) in [6.45, 7) is 0. The fourth-order valence-corrected chi connectivity index (χ4v) is 2.28. The monoisotopic (exact) mass is 319 g/mol. The van der Waals surface area contributed by atoms with Crippen LogP contribution in [0.5, 0.6) is 28.7 Å². The zero-order chi connectivity index (χ0) is 16.8. The maximum atomic E-state index is 5.45. The molecule has 0 spiro atoms. The molecule has 6 heteroatoms. The van der Waals surface area contributed by atoms with Crippen molar-refractivity contribution in [2.45, 2.75) is 0 Å². The number of hydrogen-bond acceptors (Lipinski definition) is 6. The zero-order valence-corrected chi connectivity index (χ0v) is 13.9. The van der Waals surface area contributed by atoms with Gasteiger partial charge in [0.05, 0.1) is 46.9 Å². The van der Waals surface area contributed by atoms with Crippen molar-refractivity contribution < 1.29 is 23.7 Å². The molecular formula is C17H21NO5. The van der Waals surface area contributed by atoms with Gasteiger partial charge >= 0.3 is 0 Å². The van der Waals surface area contributed by atoms with Gasteiger partial charge in [-0.3, -0.25) is 0 Å². The molecule has 0 unspecified atom stereocenters. The molecule has 0 radical (unpaired) electrons. The molecule has 0 aliphatic carbocycles. The average molecular weight is 319 g/mol. The van der Waals surface area contributed by atoms with Crippen LogP contribution in [0.1, 0.15) is 0 Å². The van der Waals surface area contributed by atoms with Gasteiger partial charge < -0.3 is 29.0 Å². The fraction of sp³-hybridized carbons (Fsp3) is 0.294. The Balaban J connectivity index is 2.51. The maximum absolute atomic E-state index is 5.45. The summed E-state index contributed by atoms with van der Waals surface area (Å²) in [7, 11) is 7.94. The summed E-state index contributed by atoms with van der Waals surface area (Å²) >= 11 is 0. The lowest BCUT2D eigenvalue weighted by Gasteiger charge is -2.18. The third kappa shape index (κ3) is 3.36. The Bertz CT molecular complexity index is 672. The molecule has 0 bridgehead atoms. The van der Waals surface area contributed by atoms with Crippen molar-refractivity contribution in [2.75, 3.05) is 40.9 Å². The Labute approximate surface area is 135 Å². The van der Waals surface area contributed by atoms with E-state index in [-0.39, 0.29) is 0 Å². The number of methoxy groups -OCH3 is 5. The molecule has 0 aliphatic heterocycles. The molecule has 0 heterocycles. The van der Waals surface area contributed by atoms with E-state index in [9.17, 15) is 0 Å². The van der Waals surface area contributed by atoms with Gasteiger partial charge in [-0.05, 0) is 12.1 Å². The molecule has 1 N–H and O–H groups in total. The second-order valence-electron chi connectivity index (χ2n) is 4.58. The average Bonchev–Trinajstić information content (AvgIpc) is 2.60. The topological polar surface area (TPSA) is 58.2 Å². The van der Waals surface area contributed by atoms with Gasteiger partial charge in [0.25, 0.3) is 0 Å². The van der Waals surface area contributed by atoms with E-state index in [1.807, 2.05) is 24.3 Å². The Hall–Kier alpha value is -2.76. The van der Waals surface area contributed by atoms with E-state index in [0.717, 1.165) is 5.69 Å². The van der Waals surface area contributed by atoms with Gasteiger partial charge in [-0.15, -0.1) is 0 Å². The Morgan fingerprint density at radius 3 is 1.87 bits per heavy atom. The third-order valence-corrected chi connectivity index (χ3v) is 3.36. The summed E-state index contributed by atoms with van der Waals surface area (Å²) in [4.78, 5) is 0. The lowest BCUT2D eigenvalue weighted by molar-refractivity contribution is 0.350. The molecule has 0 fully saturated rings. The summed E-state index contributed by atoms with van der Waals surface area (Å²) in [5.74, 6) is 3.01. The van der Waals surface area contributed by atoms with E-state index >= 15 is 0 Å². The molecule has 124 valence electrons. The van der Waals surface area contributed by atoms with Crippen molar-refractivity contribution in [1.82, 2.24) is 0 Å². The largest absolute Gasteiger partial charge is 0.497 e. The molecule has 2 aromatic carbocycles. The molecule has 6 nitrogen and oxygen atoms in total. The van der Waals surface area contributed by atoms with Crippen molar-refractivity contribution in [3.63, 3.8) is 0 Å². The van der Waals surface area contributed by atoms with Gasteiger partial charge in [0.1, 0.15) is 5.75 Å². The predicted molar refractivity (Wildman–Crippen MR) is 88.9 cm³/mol. The predicted octanol–water partition coefficient (Wildman–Crippen LogP) is 3.47. The van der Waals surface area contributed by atoms with E-state index in [1.165, 1.54) is 0 Å². The summed E-state index contributed by atoms with van der Waals surface area (Å²) in [6, 6.07) is 9.15. The molecule has 23 heavy (non-hydrogen) atoms. The Morgan fingerprint density at radius 1 is 0.652 bits per heavy atom. The number of para-hydroxylation sites is 1. The molecular weight excluding hydrogens is 298 g/mol. The first-order valence-corrected chi connectivity index (χ1v) is 6.96. The first-order valence-electron chi connectivity index (χ1n) is 6.96. The van der Waals surface area contributed by atoms with Crippen LogP contribution in [0.15, 0.2) is 30.3 Å². The maximum Gasteiger partial charge on any atom is 0.184 e. The van der Waals surface area contributed by atoms with Crippen LogP contribution in [0.25, 0.3) is 0 Å². The van der Waals surface area contributed by atoms with Gasteiger partial charge in [0.2, 0.25) is 0 Å². The molecule has 0 saturated carbocycles. The SMILES string of the molecule is COc1cc(Nc2cccc(OC)c2OC)c(OC)c(OC)c1. The van der Waals surface area contributed by atoms with Crippen molar-refractivity contribution in [3.05, 3.63) is 30.3 Å². The van der Waals surface area contributed by atoms with Crippen LogP contribution in [0, 0.1) is 0 Å². The van der Waals surface area contributed by atoms with Crippen molar-refractivity contribution in [3.8, 4) is 28.7 Å². The number of rotatable bonds is 7. The van der Waals surface area contributed by atoms with Crippen LogP contribution < -0.4 is 29.0 Å². The second-order valence-corrected chi connectivity index (χ2v) is 4.58. The third-order valence-electron chi connectivity index (χ3n) is 3.36. The van der Waals surface area contributed by atoms with Gasteiger partial charge in [-0.2, -0.15) is 0 Å². The highest BCUT2D eigenvalue weighted by Crippen LogP contribution is 2.43. The number of benzene rings is 2. The minimum Gasteiger partial charge on any atom is -0.497 e. The highest BCUT2D eigenvalue weighted by atomic mass is 16.5. The summed E-state index contributed by atoms with van der Waals surface area (Å²) in [5.41, 5.74) is 1.43. The van der Waals surface area contributed by atoms with Crippen molar-refractivity contribution >= 4 is 11.4 Å². The number of hydrogen-bond donors (Lipinski definition) is 1. The first kappa shape index (κ1) is 16.6. The van der Waals surface area contributed by atoms with Crippen LogP contribution in [0.2, 0.25) is 0 Å². The highest BCUT2D eigenvalue weighted by Gasteiger charge is 2.16. The summed E-state index contributed by atoms with van der Waals surface area (Å²) in [6.07, 6.45) is 0. The van der Waals surface area contributed by atoms with Gasteiger partial charge in [-0.25, -0.2) is 0 Å². The van der Waals surface area contributed by atoms with E-state index in [4.69, 9.17) is 23.7 Å². The lowest BCUT2D eigenvalue weighted by atomic mass is 10.2. The number of anilines is 2. The molecule has 0 atom stereocenters. The molecule has 0 amide bonds. The van der Waals surface area contributed by atoms with Gasteiger partial charge in [0.15, 0.2) is 23.0 Å². The molecule has 2 rings (SSSR count). The molecule has 0 aromatic heterocycles. The van der Waals surface area contributed by atoms with E-state index < -0.39 is 0 Å². The van der Waals surface area contributed by atoms with Crippen molar-refractivity contribution in [2.24, 2.45) is 0 Å². The van der Waals surface area contributed by atoms with Crippen molar-refractivity contribution in [1.29, 1.82) is 0 Å². The molecule has 2 aromatic rings. The van der Waals surface area contributed by atoms with E-state index in [1.54, 1.807) is 41.6 Å². The Morgan fingerprint density at radius 2 is 1.30 bits per heavy atom. The summed E-state index contributed by atoms with van der Waals surface area (Å²) in [5, 5.41) is 3.28. The Kier molecular flexibility index (Phi) is 5.41. The summed E-state index contributed by atoms with van der Waals surface area (Å²) < 4.78 is 26.9. The van der Waals surface area contributed by atoms with Crippen LogP contribution in [0.4, 0.5) is 11.4 Å². The number of nitrogens with one attached hydrogen (secondary N) is 1. The van der Waals surface area contributed by atoms with Gasteiger partial charge in [-0.1, -0.05) is 6.07 Å². The minimum atomic E-state index is 0.566. The lowest BCUT2D eigenvalue weighted by Crippen LogP contribution is -2.01. The molecule has 0 aliphatic rings. The normalized spacial score (nSPS) is 9.96.